The lowest BCUT2D eigenvalue weighted by Crippen LogP contribution is -2.21. The highest BCUT2D eigenvalue weighted by Gasteiger charge is 1.99. The monoisotopic (exact) mass is 167 g/mol. The van der Waals surface area contributed by atoms with Gasteiger partial charge in [-0.15, -0.1) is 0 Å². The van der Waals surface area contributed by atoms with Gasteiger partial charge in [-0.1, -0.05) is 0 Å². The molecule has 0 saturated heterocycles. The Kier molecular flexibility index (Phi) is 3.10. The van der Waals surface area contributed by atoms with Gasteiger partial charge in [0.15, 0.2) is 5.82 Å². The molecule has 4 heteroatoms. The van der Waals surface area contributed by atoms with Crippen LogP contribution in [0.15, 0.2) is 0 Å². The van der Waals surface area contributed by atoms with Crippen molar-refractivity contribution in [3.05, 3.63) is 11.8 Å². The summed E-state index contributed by atoms with van der Waals surface area (Å²) in [6.45, 7) is 3.89. The second kappa shape index (κ2) is 4.11. The molecule has 0 atom stereocenters. The molecule has 0 fully saturated rings. The molecule has 0 amide bonds. The number of rotatable bonds is 4. The minimum absolute atomic E-state index is 0.900. The van der Waals surface area contributed by atoms with Crippen molar-refractivity contribution in [2.75, 3.05) is 32.5 Å². The van der Waals surface area contributed by atoms with Crippen LogP contribution in [0.2, 0.25) is 0 Å². The van der Waals surface area contributed by atoms with Crippen molar-refractivity contribution in [2.45, 2.75) is 6.92 Å². The van der Waals surface area contributed by atoms with Crippen LogP contribution in [0, 0.1) is 13.1 Å². The zero-order valence-corrected chi connectivity index (χ0v) is 7.81. The molecule has 0 saturated carbocycles. The number of H-pyrrole nitrogens is 1. The SMILES string of the molecule is Cc1[c][nH]nc1NCCN(C)C. The summed E-state index contributed by atoms with van der Waals surface area (Å²) in [6.07, 6.45) is 2.89. The van der Waals surface area contributed by atoms with Crippen LogP contribution in [-0.2, 0) is 0 Å². The predicted molar refractivity (Wildman–Crippen MR) is 49.2 cm³/mol. The summed E-state index contributed by atoms with van der Waals surface area (Å²) in [5.74, 6) is 0.900. The highest BCUT2D eigenvalue weighted by molar-refractivity contribution is 5.40. The van der Waals surface area contributed by atoms with E-state index < -0.39 is 0 Å². The Bertz CT molecular complexity index is 229. The van der Waals surface area contributed by atoms with Crippen molar-refractivity contribution in [1.82, 2.24) is 15.1 Å². The zero-order valence-electron chi connectivity index (χ0n) is 7.81. The minimum Gasteiger partial charge on any atom is -0.367 e. The second-order valence-corrected chi connectivity index (χ2v) is 3.05. The molecule has 0 aliphatic carbocycles. The third-order valence-electron chi connectivity index (χ3n) is 1.62. The van der Waals surface area contributed by atoms with Gasteiger partial charge in [0, 0.05) is 18.7 Å². The first-order valence-electron chi connectivity index (χ1n) is 4.01. The first-order chi connectivity index (χ1) is 5.70. The van der Waals surface area contributed by atoms with Crippen molar-refractivity contribution in [3.8, 4) is 0 Å². The van der Waals surface area contributed by atoms with E-state index in [0.29, 0.717) is 0 Å². The van der Waals surface area contributed by atoms with Crippen LogP contribution in [0.4, 0.5) is 5.82 Å². The fourth-order valence-corrected chi connectivity index (χ4v) is 0.881. The van der Waals surface area contributed by atoms with E-state index >= 15 is 0 Å². The predicted octanol–water partition coefficient (Wildman–Crippen LogP) is 0.492. The Morgan fingerprint density at radius 1 is 1.58 bits per heavy atom. The molecule has 1 heterocycles. The van der Waals surface area contributed by atoms with Crippen LogP contribution in [0.5, 0.6) is 0 Å². The maximum absolute atomic E-state index is 4.00. The van der Waals surface area contributed by atoms with Crippen molar-refractivity contribution >= 4 is 5.82 Å². The van der Waals surface area contributed by atoms with Gasteiger partial charge in [-0.2, -0.15) is 5.10 Å². The molecule has 1 radical (unpaired) electrons. The van der Waals surface area contributed by atoms with Crippen LogP contribution >= 0.6 is 0 Å². The molecule has 0 aliphatic heterocycles. The van der Waals surface area contributed by atoms with Gasteiger partial charge in [0.25, 0.3) is 0 Å². The molecule has 4 nitrogen and oxygen atoms in total. The molecular formula is C8H15N4. The van der Waals surface area contributed by atoms with E-state index in [1.165, 1.54) is 0 Å². The van der Waals surface area contributed by atoms with Crippen LogP contribution in [0.3, 0.4) is 0 Å². The van der Waals surface area contributed by atoms with Crippen LogP contribution in [-0.4, -0.2) is 42.3 Å². The Hall–Kier alpha value is -1.03. The number of nitrogens with zero attached hydrogens (tertiary/aromatic N) is 2. The highest BCUT2D eigenvalue weighted by atomic mass is 15.2. The summed E-state index contributed by atoms with van der Waals surface area (Å²) < 4.78 is 0. The Morgan fingerprint density at radius 3 is 2.83 bits per heavy atom. The minimum atomic E-state index is 0.900. The Labute approximate surface area is 73.0 Å². The summed E-state index contributed by atoms with van der Waals surface area (Å²) >= 11 is 0. The number of anilines is 1. The van der Waals surface area contributed by atoms with E-state index in [0.717, 1.165) is 24.5 Å². The number of aryl methyl sites for hydroxylation is 1. The number of aromatic amines is 1. The van der Waals surface area contributed by atoms with Gasteiger partial charge in [0.2, 0.25) is 0 Å². The Morgan fingerprint density at radius 2 is 2.33 bits per heavy atom. The van der Waals surface area contributed by atoms with E-state index in [-0.39, 0.29) is 0 Å². The molecule has 0 bridgehead atoms. The summed E-state index contributed by atoms with van der Waals surface area (Å²) in [6, 6.07) is 0. The van der Waals surface area contributed by atoms with Crippen LogP contribution in [0.25, 0.3) is 0 Å². The molecule has 0 unspecified atom stereocenters. The number of hydrogen-bond acceptors (Lipinski definition) is 3. The molecule has 12 heavy (non-hydrogen) atoms. The summed E-state index contributed by atoms with van der Waals surface area (Å²) in [4.78, 5) is 2.12. The average Bonchev–Trinajstić information content (AvgIpc) is 2.36. The third kappa shape index (κ3) is 2.54. The van der Waals surface area contributed by atoms with E-state index in [1.807, 2.05) is 21.0 Å². The van der Waals surface area contributed by atoms with Crippen molar-refractivity contribution in [3.63, 3.8) is 0 Å². The van der Waals surface area contributed by atoms with E-state index in [1.54, 1.807) is 0 Å². The first kappa shape index (κ1) is 9.06. The van der Waals surface area contributed by atoms with Crippen molar-refractivity contribution < 1.29 is 0 Å². The maximum Gasteiger partial charge on any atom is 0.151 e. The topological polar surface area (TPSA) is 44.0 Å². The number of aromatic nitrogens is 2. The fraction of sp³-hybridized carbons (Fsp3) is 0.625. The quantitative estimate of drug-likeness (QED) is 0.686. The van der Waals surface area contributed by atoms with Crippen molar-refractivity contribution in [1.29, 1.82) is 0 Å². The molecule has 67 valence electrons. The van der Waals surface area contributed by atoms with Gasteiger partial charge in [-0.25, -0.2) is 0 Å². The second-order valence-electron chi connectivity index (χ2n) is 3.05. The zero-order chi connectivity index (χ0) is 8.97. The standard InChI is InChI=1S/C8H15N4/c1-7-6-10-11-8(7)9-4-5-12(2)3/h4-5H2,1-3H3,(H2,9,10,11). The number of likely N-dealkylation sites (N-methyl/N-ethyl adjacent to an activating group) is 1. The van der Waals surface area contributed by atoms with Gasteiger partial charge in [0.05, 0.1) is 6.20 Å². The molecule has 1 rings (SSSR count). The lowest BCUT2D eigenvalue weighted by atomic mass is 10.4. The van der Waals surface area contributed by atoms with Gasteiger partial charge in [-0.05, 0) is 21.0 Å². The van der Waals surface area contributed by atoms with E-state index in [4.69, 9.17) is 0 Å². The van der Waals surface area contributed by atoms with Gasteiger partial charge >= 0.3 is 0 Å². The van der Waals surface area contributed by atoms with Gasteiger partial charge in [0.1, 0.15) is 0 Å². The number of nitrogens with one attached hydrogen (secondary N) is 2. The molecule has 1 aromatic heterocycles. The normalized spacial score (nSPS) is 10.7. The average molecular weight is 167 g/mol. The first-order valence-corrected chi connectivity index (χ1v) is 4.01. The largest absolute Gasteiger partial charge is 0.367 e. The smallest absolute Gasteiger partial charge is 0.151 e. The van der Waals surface area contributed by atoms with Crippen LogP contribution < -0.4 is 5.32 Å². The third-order valence-corrected chi connectivity index (χ3v) is 1.62. The maximum atomic E-state index is 4.00. The lowest BCUT2D eigenvalue weighted by molar-refractivity contribution is 0.425. The summed E-state index contributed by atoms with van der Waals surface area (Å²) in [7, 11) is 4.09. The number of hydrogen-bond donors (Lipinski definition) is 2. The molecule has 1 aromatic rings. The molecular weight excluding hydrogens is 152 g/mol. The van der Waals surface area contributed by atoms with E-state index in [9.17, 15) is 0 Å². The molecule has 0 aliphatic rings. The lowest BCUT2D eigenvalue weighted by Gasteiger charge is -2.09. The van der Waals surface area contributed by atoms with Crippen molar-refractivity contribution in [2.24, 2.45) is 0 Å². The summed E-state index contributed by atoms with van der Waals surface area (Å²) in [5.41, 5.74) is 1.04. The molecule has 0 aromatic carbocycles. The fourth-order valence-electron chi connectivity index (χ4n) is 0.881. The van der Waals surface area contributed by atoms with E-state index in [2.05, 4.69) is 26.6 Å². The highest BCUT2D eigenvalue weighted by Crippen LogP contribution is 2.06. The Balaban J connectivity index is 2.29. The molecule has 0 spiro atoms. The van der Waals surface area contributed by atoms with Crippen LogP contribution in [0.1, 0.15) is 5.56 Å². The summed E-state index contributed by atoms with van der Waals surface area (Å²) in [5, 5.41) is 9.90. The molecule has 2 N–H and O–H groups in total. The van der Waals surface area contributed by atoms with Gasteiger partial charge in [-0.3, -0.25) is 5.10 Å². The van der Waals surface area contributed by atoms with Gasteiger partial charge < -0.3 is 10.2 Å².